The Bertz CT molecular complexity index is 873. The molecule has 1 aromatic rings. The van der Waals surface area contributed by atoms with Crippen molar-refractivity contribution in [2.75, 3.05) is 12.3 Å². The third-order valence-electron chi connectivity index (χ3n) is 5.67. The van der Waals surface area contributed by atoms with Crippen molar-refractivity contribution >= 4 is 11.8 Å². The number of azide groups is 1. The number of esters is 1. The fourth-order valence-corrected chi connectivity index (χ4v) is 3.75. The molecule has 4 atom stereocenters. The van der Waals surface area contributed by atoms with E-state index in [1.54, 1.807) is 0 Å². The number of rotatable bonds is 14. The molecule has 0 aromatic carbocycles. The summed E-state index contributed by atoms with van der Waals surface area (Å²) >= 11 is 0. The highest BCUT2D eigenvalue weighted by Crippen LogP contribution is 2.38. The van der Waals surface area contributed by atoms with Gasteiger partial charge in [0, 0.05) is 17.5 Å². The summed E-state index contributed by atoms with van der Waals surface area (Å²) in [6, 6.07) is 1.31. The number of carbonyl (C=O) groups is 1. The van der Waals surface area contributed by atoms with Crippen molar-refractivity contribution in [3.05, 3.63) is 33.2 Å². The Morgan fingerprint density at radius 3 is 2.52 bits per heavy atom. The maximum atomic E-state index is 12.1. The minimum absolute atomic E-state index is 0.0315. The lowest BCUT2D eigenvalue weighted by molar-refractivity contribution is -0.165. The van der Waals surface area contributed by atoms with Gasteiger partial charge in [0.05, 0.1) is 0 Å². The number of aromatic nitrogens is 2. The van der Waals surface area contributed by atoms with Crippen LogP contribution in [0.2, 0.25) is 0 Å². The van der Waals surface area contributed by atoms with Gasteiger partial charge in [-0.2, -0.15) is 4.98 Å². The van der Waals surface area contributed by atoms with E-state index < -0.39 is 42.4 Å². The van der Waals surface area contributed by atoms with Crippen LogP contribution in [0.25, 0.3) is 10.4 Å². The zero-order valence-electron chi connectivity index (χ0n) is 19.0. The molecule has 12 heteroatoms. The Morgan fingerprint density at radius 2 is 1.91 bits per heavy atom. The molecule has 0 amide bonds. The molecule has 184 valence electrons. The number of aliphatic hydroxyl groups is 2. The second kappa shape index (κ2) is 13.1. The average Bonchev–Trinajstić information content (AvgIpc) is 3.02. The number of carbonyl (C=O) groups excluding carboxylic acids is 1. The number of nitrogens with two attached hydrogens (primary N) is 1. The molecule has 0 spiro atoms. The van der Waals surface area contributed by atoms with Crippen molar-refractivity contribution in [3.63, 3.8) is 0 Å². The lowest BCUT2D eigenvalue weighted by Crippen LogP contribution is -2.45. The second-order valence-electron chi connectivity index (χ2n) is 8.26. The number of aliphatic hydroxyl groups excluding tert-OH is 2. The van der Waals surface area contributed by atoms with Gasteiger partial charge >= 0.3 is 11.7 Å². The fraction of sp³-hybridized carbons (Fsp3) is 0.762. The van der Waals surface area contributed by atoms with Crippen LogP contribution >= 0.6 is 0 Å². The van der Waals surface area contributed by atoms with Crippen LogP contribution in [0.1, 0.15) is 77.4 Å². The van der Waals surface area contributed by atoms with Gasteiger partial charge in [-0.1, -0.05) is 63.4 Å². The SMILES string of the molecule is CCCCCCCCCCCC(=O)OC[C@@]1(N=[N+]=[N-])O[C@H](n2ccc(N)nc2=O)[C@H](O)[C@@H]1O. The smallest absolute Gasteiger partial charge is 0.351 e. The predicted molar refractivity (Wildman–Crippen MR) is 120 cm³/mol. The van der Waals surface area contributed by atoms with E-state index in [0.29, 0.717) is 6.42 Å². The van der Waals surface area contributed by atoms with Crippen LogP contribution in [0.5, 0.6) is 0 Å². The van der Waals surface area contributed by atoms with E-state index in [1.165, 1.54) is 44.4 Å². The molecular formula is C21H34N6O6. The molecule has 1 aromatic heterocycles. The van der Waals surface area contributed by atoms with E-state index in [0.717, 1.165) is 23.8 Å². The fourth-order valence-electron chi connectivity index (χ4n) is 3.75. The highest BCUT2D eigenvalue weighted by molar-refractivity contribution is 5.69. The van der Waals surface area contributed by atoms with E-state index in [-0.39, 0.29) is 12.2 Å². The molecule has 12 nitrogen and oxygen atoms in total. The Kier molecular flexibility index (Phi) is 10.6. The van der Waals surface area contributed by atoms with Crippen molar-refractivity contribution < 1.29 is 24.5 Å². The summed E-state index contributed by atoms with van der Waals surface area (Å²) in [5.41, 5.74) is 11.5. The Balaban J connectivity index is 1.86. The van der Waals surface area contributed by atoms with Crippen molar-refractivity contribution in [3.8, 4) is 0 Å². The highest BCUT2D eigenvalue weighted by Gasteiger charge is 2.56. The van der Waals surface area contributed by atoms with Crippen molar-refractivity contribution in [2.45, 2.75) is 95.3 Å². The van der Waals surface area contributed by atoms with Crippen molar-refractivity contribution in [1.82, 2.24) is 9.55 Å². The number of anilines is 1. The summed E-state index contributed by atoms with van der Waals surface area (Å²) in [7, 11) is 0. The minimum atomic E-state index is -2.09. The summed E-state index contributed by atoms with van der Waals surface area (Å²) in [5.74, 6) is -0.568. The zero-order chi connectivity index (χ0) is 24.3. The van der Waals surface area contributed by atoms with Crippen LogP contribution < -0.4 is 11.4 Å². The van der Waals surface area contributed by atoms with Crippen LogP contribution in [0, 0.1) is 0 Å². The molecule has 1 fully saturated rings. The molecule has 0 aliphatic carbocycles. The van der Waals surface area contributed by atoms with Gasteiger partial charge in [0.15, 0.2) is 6.23 Å². The van der Waals surface area contributed by atoms with Crippen molar-refractivity contribution in [2.24, 2.45) is 5.11 Å². The van der Waals surface area contributed by atoms with Crippen molar-refractivity contribution in [1.29, 1.82) is 0 Å². The summed E-state index contributed by atoms with van der Waals surface area (Å²) in [6.45, 7) is 1.57. The van der Waals surface area contributed by atoms with Crippen LogP contribution in [-0.2, 0) is 14.3 Å². The minimum Gasteiger partial charge on any atom is -0.462 e. The van der Waals surface area contributed by atoms with Gasteiger partial charge in [0.25, 0.3) is 0 Å². The third kappa shape index (κ3) is 7.43. The quantitative estimate of drug-likeness (QED) is 0.123. The molecule has 4 N–H and O–H groups in total. The van der Waals surface area contributed by atoms with E-state index in [4.69, 9.17) is 20.7 Å². The first kappa shape index (κ1) is 26.6. The van der Waals surface area contributed by atoms with E-state index in [2.05, 4.69) is 21.9 Å². The summed E-state index contributed by atoms with van der Waals surface area (Å²) in [4.78, 5) is 30.4. The monoisotopic (exact) mass is 466 g/mol. The normalized spacial score (nSPS) is 24.4. The number of unbranched alkanes of at least 4 members (excludes halogenated alkanes) is 8. The molecule has 0 saturated carbocycles. The van der Waals surface area contributed by atoms with Gasteiger partial charge in [0.2, 0.25) is 5.72 Å². The number of hydrogen-bond donors (Lipinski definition) is 3. The van der Waals surface area contributed by atoms with E-state index in [1.807, 2.05) is 0 Å². The van der Waals surface area contributed by atoms with Gasteiger partial charge in [-0.25, -0.2) is 4.79 Å². The summed E-state index contributed by atoms with van der Waals surface area (Å²) in [6.07, 6.45) is 6.53. The van der Waals surface area contributed by atoms with Crippen LogP contribution in [0.3, 0.4) is 0 Å². The molecule has 0 radical (unpaired) electrons. The highest BCUT2D eigenvalue weighted by atomic mass is 16.6. The Labute approximate surface area is 192 Å². The van der Waals surface area contributed by atoms with Crippen LogP contribution in [-0.4, -0.2) is 50.3 Å². The lowest BCUT2D eigenvalue weighted by Gasteiger charge is -2.26. The van der Waals surface area contributed by atoms with Gasteiger partial charge in [0.1, 0.15) is 24.6 Å². The van der Waals surface area contributed by atoms with Gasteiger partial charge < -0.3 is 25.4 Å². The van der Waals surface area contributed by atoms with Gasteiger partial charge in [-0.05, 0) is 18.0 Å². The number of hydrogen-bond acceptors (Lipinski definition) is 9. The molecule has 0 unspecified atom stereocenters. The largest absolute Gasteiger partial charge is 0.462 e. The summed E-state index contributed by atoms with van der Waals surface area (Å²) in [5, 5.41) is 24.3. The molecule has 1 saturated heterocycles. The lowest BCUT2D eigenvalue weighted by atomic mass is 10.1. The number of nitrogen functional groups attached to an aromatic ring is 1. The second-order valence-corrected chi connectivity index (χ2v) is 8.26. The maximum Gasteiger partial charge on any atom is 0.351 e. The topological polar surface area (TPSA) is 186 Å². The zero-order valence-corrected chi connectivity index (χ0v) is 19.0. The molecule has 1 aliphatic heterocycles. The molecule has 1 aliphatic rings. The third-order valence-corrected chi connectivity index (χ3v) is 5.67. The first-order valence-corrected chi connectivity index (χ1v) is 11.4. The maximum absolute atomic E-state index is 12.1. The number of ether oxygens (including phenoxy) is 2. The Hall–Kier alpha value is -2.66. The molecule has 0 bridgehead atoms. The predicted octanol–water partition coefficient (Wildman–Crippen LogP) is 2.55. The first-order valence-electron chi connectivity index (χ1n) is 11.4. The Morgan fingerprint density at radius 1 is 1.27 bits per heavy atom. The molecule has 2 rings (SSSR count). The van der Waals surface area contributed by atoms with E-state index in [9.17, 15) is 19.8 Å². The van der Waals surface area contributed by atoms with Gasteiger partial charge in [-0.15, -0.1) is 0 Å². The first-order chi connectivity index (χ1) is 15.8. The average molecular weight is 467 g/mol. The molecule has 2 heterocycles. The van der Waals surface area contributed by atoms with Crippen LogP contribution in [0.15, 0.2) is 22.2 Å². The van der Waals surface area contributed by atoms with E-state index >= 15 is 0 Å². The molecule has 33 heavy (non-hydrogen) atoms. The summed E-state index contributed by atoms with van der Waals surface area (Å²) < 4.78 is 11.6. The van der Waals surface area contributed by atoms with Gasteiger partial charge in [-0.3, -0.25) is 9.36 Å². The molecular weight excluding hydrogens is 432 g/mol. The van der Waals surface area contributed by atoms with Crippen LogP contribution in [0.4, 0.5) is 5.82 Å². The number of nitrogens with zero attached hydrogens (tertiary/aromatic N) is 5. The standard InChI is InChI=1S/C21H34N6O6/c1-2-3-4-5-6-7-8-9-10-11-16(28)32-14-21(25-26-23)18(30)17(29)19(33-21)27-13-12-15(22)24-20(27)31/h12-13,17-19,29-30H,2-11,14H2,1H3,(H2,22,24,31)/t17-,18+,19+,21-/m1/s1.